The van der Waals surface area contributed by atoms with Crippen LogP contribution in [0, 0.1) is 0 Å². The first-order chi connectivity index (χ1) is 17.1. The lowest BCUT2D eigenvalue weighted by molar-refractivity contribution is -0.133. The normalized spacial score (nSPS) is 21.1. The molecule has 1 aromatic carbocycles. The fourth-order valence-corrected chi connectivity index (χ4v) is 5.22. The summed E-state index contributed by atoms with van der Waals surface area (Å²) in [6.07, 6.45) is 5.57. The number of aromatic amines is 1. The van der Waals surface area contributed by atoms with Crippen LogP contribution in [0.15, 0.2) is 48.8 Å². The number of nitrogens with one attached hydrogen (secondary N) is 1. The van der Waals surface area contributed by atoms with Gasteiger partial charge < -0.3 is 14.5 Å². The summed E-state index contributed by atoms with van der Waals surface area (Å²) in [5.41, 5.74) is 3.96. The van der Waals surface area contributed by atoms with Gasteiger partial charge in [-0.25, -0.2) is 4.98 Å². The molecule has 35 heavy (non-hydrogen) atoms. The number of carbonyl (C=O) groups is 1. The average molecular weight is 472 g/mol. The lowest BCUT2D eigenvalue weighted by Gasteiger charge is -2.34. The lowest BCUT2D eigenvalue weighted by Crippen LogP contribution is -2.44. The number of carbonyl (C=O) groups excluding carboxylic acids is 1. The van der Waals surface area contributed by atoms with Crippen molar-refractivity contribution in [3.05, 3.63) is 54.4 Å². The van der Waals surface area contributed by atoms with Gasteiger partial charge in [0.05, 0.1) is 31.4 Å². The maximum atomic E-state index is 12.7. The lowest BCUT2D eigenvalue weighted by atomic mass is 9.89. The Balaban J connectivity index is 1.45. The highest BCUT2D eigenvalue weighted by molar-refractivity contribution is 5.95. The topological polar surface area (TPSA) is 92.2 Å². The second-order valence-corrected chi connectivity index (χ2v) is 9.45. The predicted molar refractivity (Wildman–Crippen MR) is 134 cm³/mol. The molecule has 6 rings (SSSR count). The number of H-pyrrole nitrogens is 1. The van der Waals surface area contributed by atoms with Crippen molar-refractivity contribution in [1.29, 1.82) is 0 Å². The van der Waals surface area contributed by atoms with Crippen molar-refractivity contribution >= 4 is 22.8 Å². The Kier molecular flexibility index (Phi) is 5.49. The Morgan fingerprint density at radius 1 is 1.11 bits per heavy atom. The summed E-state index contributed by atoms with van der Waals surface area (Å²) >= 11 is 0. The molecular formula is C26H29N7O2. The number of rotatable bonds is 4. The average Bonchev–Trinajstić information content (AvgIpc) is 3.56. The Morgan fingerprint density at radius 3 is 2.74 bits per heavy atom. The maximum Gasteiger partial charge on any atom is 0.229 e. The number of hydrogen-bond acceptors (Lipinski definition) is 6. The van der Waals surface area contributed by atoms with Crippen molar-refractivity contribution < 1.29 is 9.53 Å². The number of fused-ring (bicyclic) bond motifs is 1. The van der Waals surface area contributed by atoms with Crippen molar-refractivity contribution in [3.8, 4) is 16.9 Å². The molecule has 2 aliphatic rings. The van der Waals surface area contributed by atoms with Crippen LogP contribution in [-0.2, 0) is 9.53 Å². The molecule has 0 bridgehead atoms. The smallest absolute Gasteiger partial charge is 0.229 e. The van der Waals surface area contributed by atoms with E-state index < -0.39 is 0 Å². The van der Waals surface area contributed by atoms with Gasteiger partial charge in [0.15, 0.2) is 11.5 Å². The SMILES string of the molecule is C[C@@H]1COCCN1c1cc(-c2ccc(C3CCCN(C)C3=O)cc2)c2cnn(-c3cc[nH]n3)c2n1. The van der Waals surface area contributed by atoms with E-state index in [1.54, 1.807) is 10.9 Å². The van der Waals surface area contributed by atoms with Gasteiger partial charge in [-0.2, -0.15) is 14.9 Å². The number of piperidine rings is 1. The van der Waals surface area contributed by atoms with Gasteiger partial charge in [0.2, 0.25) is 5.91 Å². The maximum absolute atomic E-state index is 12.7. The molecule has 0 spiro atoms. The van der Waals surface area contributed by atoms with Crippen LogP contribution < -0.4 is 4.90 Å². The second kappa shape index (κ2) is 8.81. The highest BCUT2D eigenvalue weighted by Crippen LogP contribution is 2.35. The standard InChI is InChI=1S/C26H29N7O2/c1-17-16-35-13-12-32(17)24-14-21(22-15-28-33(25(22)29-24)23-9-10-27-30-23)19-7-5-18(6-8-19)20-4-3-11-31(2)26(20)34/h5-10,14-15,17,20H,3-4,11-13,16H2,1-2H3,(H,27,30)/t17-,20?/m1/s1. The molecule has 0 aliphatic carbocycles. The Labute approximate surface area is 203 Å². The van der Waals surface area contributed by atoms with Crippen LogP contribution in [0.3, 0.4) is 0 Å². The van der Waals surface area contributed by atoms with Gasteiger partial charge in [0.25, 0.3) is 0 Å². The third kappa shape index (κ3) is 3.85. The third-order valence-corrected chi connectivity index (χ3v) is 7.18. The van der Waals surface area contributed by atoms with Crippen molar-refractivity contribution in [2.24, 2.45) is 0 Å². The zero-order chi connectivity index (χ0) is 23.9. The molecule has 1 amide bonds. The Morgan fingerprint density at radius 2 is 1.97 bits per heavy atom. The molecule has 180 valence electrons. The van der Waals surface area contributed by atoms with Crippen LogP contribution in [-0.4, -0.2) is 75.2 Å². The number of anilines is 1. The minimum absolute atomic E-state index is 0.0626. The number of amides is 1. The minimum atomic E-state index is -0.0626. The predicted octanol–water partition coefficient (Wildman–Crippen LogP) is 3.37. The van der Waals surface area contributed by atoms with Crippen LogP contribution >= 0.6 is 0 Å². The monoisotopic (exact) mass is 471 g/mol. The molecule has 1 N–H and O–H groups in total. The van der Waals surface area contributed by atoms with Gasteiger partial charge in [-0.15, -0.1) is 0 Å². The van der Waals surface area contributed by atoms with E-state index in [1.165, 1.54) is 0 Å². The van der Waals surface area contributed by atoms with E-state index in [9.17, 15) is 4.79 Å². The van der Waals surface area contributed by atoms with Crippen molar-refractivity contribution in [3.63, 3.8) is 0 Å². The van der Waals surface area contributed by atoms with E-state index in [0.29, 0.717) is 19.0 Å². The van der Waals surface area contributed by atoms with Gasteiger partial charge >= 0.3 is 0 Å². The number of likely N-dealkylation sites (tertiary alicyclic amines) is 1. The number of ether oxygens (including phenoxy) is 1. The first-order valence-electron chi connectivity index (χ1n) is 12.2. The summed E-state index contributed by atoms with van der Waals surface area (Å²) in [6, 6.07) is 12.7. The van der Waals surface area contributed by atoms with Crippen LogP contribution in [0.4, 0.5) is 5.82 Å². The Bertz CT molecular complexity index is 1350. The third-order valence-electron chi connectivity index (χ3n) is 7.18. The van der Waals surface area contributed by atoms with E-state index in [4.69, 9.17) is 9.72 Å². The van der Waals surface area contributed by atoms with Crippen molar-refractivity contribution in [1.82, 2.24) is 29.9 Å². The second-order valence-electron chi connectivity index (χ2n) is 9.45. The van der Waals surface area contributed by atoms with E-state index >= 15 is 0 Å². The quantitative estimate of drug-likeness (QED) is 0.491. The largest absolute Gasteiger partial charge is 0.377 e. The number of aromatic nitrogens is 5. The number of pyridine rings is 1. The highest BCUT2D eigenvalue weighted by atomic mass is 16.5. The van der Waals surface area contributed by atoms with Crippen molar-refractivity contribution in [2.45, 2.75) is 31.7 Å². The molecule has 2 aliphatic heterocycles. The Hall–Kier alpha value is -3.72. The summed E-state index contributed by atoms with van der Waals surface area (Å²) in [4.78, 5) is 21.9. The number of benzene rings is 1. The molecule has 9 nitrogen and oxygen atoms in total. The summed E-state index contributed by atoms with van der Waals surface area (Å²) in [6.45, 7) is 5.13. The molecule has 2 saturated heterocycles. The summed E-state index contributed by atoms with van der Waals surface area (Å²) in [7, 11) is 1.89. The van der Waals surface area contributed by atoms with Gasteiger partial charge in [-0.3, -0.25) is 9.89 Å². The van der Waals surface area contributed by atoms with Crippen LogP contribution in [0.2, 0.25) is 0 Å². The van der Waals surface area contributed by atoms with Crippen molar-refractivity contribution in [2.75, 3.05) is 38.3 Å². The minimum Gasteiger partial charge on any atom is -0.377 e. The molecule has 9 heteroatoms. The van der Waals surface area contributed by atoms with E-state index in [-0.39, 0.29) is 17.9 Å². The summed E-state index contributed by atoms with van der Waals surface area (Å²) in [5.74, 6) is 1.74. The van der Waals surface area contributed by atoms with Gasteiger partial charge in [0, 0.05) is 37.8 Å². The fraction of sp³-hybridized carbons (Fsp3) is 0.385. The number of likely N-dealkylation sites (N-methyl/N-ethyl adjacent to an activating group) is 1. The van der Waals surface area contributed by atoms with E-state index in [2.05, 4.69) is 57.5 Å². The number of nitrogens with zero attached hydrogens (tertiary/aromatic N) is 6. The molecule has 4 aromatic rings. The molecular weight excluding hydrogens is 442 g/mol. The fourth-order valence-electron chi connectivity index (χ4n) is 5.22. The number of morpholine rings is 1. The molecule has 2 atom stereocenters. The van der Waals surface area contributed by atoms with Gasteiger partial charge in [0.1, 0.15) is 5.82 Å². The highest BCUT2D eigenvalue weighted by Gasteiger charge is 2.28. The summed E-state index contributed by atoms with van der Waals surface area (Å²) < 4.78 is 7.43. The first-order valence-corrected chi connectivity index (χ1v) is 12.2. The van der Waals surface area contributed by atoms with Gasteiger partial charge in [-0.05, 0) is 42.5 Å². The van der Waals surface area contributed by atoms with Crippen LogP contribution in [0.5, 0.6) is 0 Å². The summed E-state index contributed by atoms with van der Waals surface area (Å²) in [5, 5.41) is 12.7. The molecule has 2 fully saturated rings. The molecule has 5 heterocycles. The van der Waals surface area contributed by atoms with Gasteiger partial charge in [-0.1, -0.05) is 24.3 Å². The van der Waals surface area contributed by atoms with E-state index in [1.807, 2.05) is 24.2 Å². The first kappa shape index (κ1) is 21.8. The molecule has 3 aromatic heterocycles. The molecule has 0 saturated carbocycles. The number of hydrogen-bond donors (Lipinski definition) is 1. The molecule has 0 radical (unpaired) electrons. The van der Waals surface area contributed by atoms with Crippen LogP contribution in [0.25, 0.3) is 28.0 Å². The van der Waals surface area contributed by atoms with Crippen LogP contribution in [0.1, 0.15) is 31.2 Å². The zero-order valence-corrected chi connectivity index (χ0v) is 20.0. The molecule has 1 unspecified atom stereocenters. The zero-order valence-electron chi connectivity index (χ0n) is 20.0. The van der Waals surface area contributed by atoms with E-state index in [0.717, 1.165) is 59.5 Å².